The van der Waals surface area contributed by atoms with Gasteiger partial charge in [0.05, 0.1) is 18.6 Å². The molecule has 164 valence electrons. The van der Waals surface area contributed by atoms with Gasteiger partial charge in [0.1, 0.15) is 5.76 Å². The molecular weight excluding hydrogens is 382 g/mol. The molecule has 3 heterocycles. The maximum absolute atomic E-state index is 12.0. The van der Waals surface area contributed by atoms with Crippen LogP contribution in [-0.4, -0.2) is 56.5 Å². The number of amides is 1. The number of rotatable bonds is 9. The molecule has 2 aromatic heterocycles. The molecular formula is C22H33N5O3. The minimum atomic E-state index is -0.178. The van der Waals surface area contributed by atoms with E-state index in [-0.39, 0.29) is 11.9 Å². The molecule has 8 heteroatoms. The second kappa shape index (κ2) is 11.4. The second-order valence-corrected chi connectivity index (χ2v) is 7.55. The van der Waals surface area contributed by atoms with Gasteiger partial charge in [0.15, 0.2) is 11.7 Å². The second-order valence-electron chi connectivity index (χ2n) is 7.55. The maximum Gasteiger partial charge on any atom is 0.287 e. The summed E-state index contributed by atoms with van der Waals surface area (Å²) >= 11 is 0. The zero-order chi connectivity index (χ0) is 21.2. The Morgan fingerprint density at radius 2 is 1.90 bits per heavy atom. The van der Waals surface area contributed by atoms with Gasteiger partial charge in [0.2, 0.25) is 0 Å². The van der Waals surface area contributed by atoms with Crippen LogP contribution in [-0.2, 0) is 0 Å². The fraction of sp³-hybridized carbons (Fsp3) is 0.545. The average Bonchev–Trinajstić information content (AvgIpc) is 3.45. The lowest BCUT2D eigenvalue weighted by Gasteiger charge is -2.33. The number of piperidine rings is 1. The summed E-state index contributed by atoms with van der Waals surface area (Å²) in [5.41, 5.74) is 0.843. The van der Waals surface area contributed by atoms with E-state index in [0.717, 1.165) is 43.3 Å². The summed E-state index contributed by atoms with van der Waals surface area (Å²) in [5.74, 6) is 1.93. The van der Waals surface area contributed by atoms with Crippen molar-refractivity contribution in [1.82, 2.24) is 20.9 Å². The van der Waals surface area contributed by atoms with Gasteiger partial charge in [-0.05, 0) is 57.5 Å². The third-order valence-electron chi connectivity index (χ3n) is 5.39. The quantitative estimate of drug-likeness (QED) is 0.331. The molecule has 3 rings (SSSR count). The van der Waals surface area contributed by atoms with Crippen LogP contribution in [0.3, 0.4) is 0 Å². The molecule has 0 saturated carbocycles. The molecule has 8 nitrogen and oxygen atoms in total. The SMILES string of the molecule is CN=C(NCCCNC(=O)c1occc1C)NCC(c1ccco1)N1CCCCC1. The predicted octanol–water partition coefficient (Wildman–Crippen LogP) is 2.69. The van der Waals surface area contributed by atoms with Crippen molar-refractivity contribution < 1.29 is 13.6 Å². The molecule has 0 radical (unpaired) electrons. The van der Waals surface area contributed by atoms with E-state index in [0.29, 0.717) is 18.8 Å². The van der Waals surface area contributed by atoms with Crippen LogP contribution in [0, 0.1) is 6.92 Å². The highest BCUT2D eigenvalue weighted by Crippen LogP contribution is 2.24. The van der Waals surface area contributed by atoms with Crippen molar-refractivity contribution in [1.29, 1.82) is 0 Å². The van der Waals surface area contributed by atoms with Crippen molar-refractivity contribution in [3.05, 3.63) is 47.8 Å². The topological polar surface area (TPSA) is 95.0 Å². The van der Waals surface area contributed by atoms with E-state index < -0.39 is 0 Å². The van der Waals surface area contributed by atoms with Gasteiger partial charge in [-0.1, -0.05) is 6.42 Å². The molecule has 1 atom stereocenters. The lowest BCUT2D eigenvalue weighted by Crippen LogP contribution is -2.44. The first-order valence-corrected chi connectivity index (χ1v) is 10.7. The van der Waals surface area contributed by atoms with Gasteiger partial charge in [-0.3, -0.25) is 14.7 Å². The lowest BCUT2D eigenvalue weighted by molar-refractivity contribution is 0.0925. The summed E-state index contributed by atoms with van der Waals surface area (Å²) in [6, 6.07) is 5.96. The molecule has 2 aromatic rings. The Labute approximate surface area is 178 Å². The largest absolute Gasteiger partial charge is 0.468 e. The molecule has 1 fully saturated rings. The highest BCUT2D eigenvalue weighted by Gasteiger charge is 2.24. The number of hydrogen-bond acceptors (Lipinski definition) is 5. The number of hydrogen-bond donors (Lipinski definition) is 3. The highest BCUT2D eigenvalue weighted by molar-refractivity contribution is 5.92. The molecule has 30 heavy (non-hydrogen) atoms. The third kappa shape index (κ3) is 6.13. The number of likely N-dealkylation sites (tertiary alicyclic amines) is 1. The molecule has 0 aliphatic carbocycles. The van der Waals surface area contributed by atoms with Crippen LogP contribution in [0.15, 0.2) is 44.6 Å². The first-order valence-electron chi connectivity index (χ1n) is 10.7. The van der Waals surface area contributed by atoms with Gasteiger partial charge in [-0.25, -0.2) is 0 Å². The van der Waals surface area contributed by atoms with Crippen molar-refractivity contribution in [2.45, 2.75) is 38.6 Å². The van der Waals surface area contributed by atoms with E-state index in [2.05, 4.69) is 25.8 Å². The number of nitrogens with zero attached hydrogens (tertiary/aromatic N) is 2. The number of aliphatic imine (C=N–C) groups is 1. The minimum Gasteiger partial charge on any atom is -0.468 e. The molecule has 1 saturated heterocycles. The first-order chi connectivity index (χ1) is 14.7. The molecule has 1 unspecified atom stereocenters. The van der Waals surface area contributed by atoms with Crippen LogP contribution in [0.5, 0.6) is 0 Å². The summed E-state index contributed by atoms with van der Waals surface area (Å²) in [7, 11) is 1.76. The Bertz CT molecular complexity index is 794. The van der Waals surface area contributed by atoms with Crippen LogP contribution in [0.4, 0.5) is 0 Å². The number of guanidine groups is 1. The van der Waals surface area contributed by atoms with Crippen LogP contribution in [0.2, 0.25) is 0 Å². The number of furan rings is 2. The Morgan fingerprint density at radius 3 is 2.57 bits per heavy atom. The zero-order valence-corrected chi connectivity index (χ0v) is 17.9. The smallest absolute Gasteiger partial charge is 0.287 e. The fourth-order valence-corrected chi connectivity index (χ4v) is 3.72. The predicted molar refractivity (Wildman–Crippen MR) is 117 cm³/mol. The normalized spacial score (nSPS) is 16.3. The van der Waals surface area contributed by atoms with Gasteiger partial charge in [0, 0.05) is 32.2 Å². The minimum absolute atomic E-state index is 0.178. The number of nitrogens with one attached hydrogen (secondary N) is 3. The molecule has 1 amide bonds. The summed E-state index contributed by atoms with van der Waals surface area (Å²) < 4.78 is 10.9. The van der Waals surface area contributed by atoms with Gasteiger partial charge >= 0.3 is 0 Å². The van der Waals surface area contributed by atoms with Crippen LogP contribution < -0.4 is 16.0 Å². The number of carbonyl (C=O) groups excluding carboxylic acids is 1. The van der Waals surface area contributed by atoms with E-state index in [1.165, 1.54) is 25.5 Å². The van der Waals surface area contributed by atoms with Crippen molar-refractivity contribution in [3.8, 4) is 0 Å². The molecule has 1 aliphatic heterocycles. The van der Waals surface area contributed by atoms with Gasteiger partial charge in [-0.15, -0.1) is 0 Å². The molecule has 0 aromatic carbocycles. The van der Waals surface area contributed by atoms with E-state index in [1.54, 1.807) is 19.4 Å². The summed E-state index contributed by atoms with van der Waals surface area (Å²) in [6.07, 6.45) is 7.80. The molecule has 3 N–H and O–H groups in total. The molecule has 0 bridgehead atoms. The van der Waals surface area contributed by atoms with E-state index in [4.69, 9.17) is 8.83 Å². The average molecular weight is 416 g/mol. The standard InChI is InChI=1S/C22H33N5O3/c1-17-9-15-30-20(17)21(28)24-10-7-11-25-22(23-2)26-16-18(19-8-6-14-29-19)27-12-4-3-5-13-27/h6,8-9,14-15,18H,3-5,7,10-13,16H2,1-2H3,(H,24,28)(H2,23,25,26). The van der Waals surface area contributed by atoms with E-state index in [1.807, 2.05) is 19.1 Å². The van der Waals surface area contributed by atoms with E-state index in [9.17, 15) is 4.79 Å². The van der Waals surface area contributed by atoms with Crippen molar-refractivity contribution in [2.75, 3.05) is 39.8 Å². The van der Waals surface area contributed by atoms with E-state index >= 15 is 0 Å². The van der Waals surface area contributed by atoms with Crippen LogP contribution in [0.25, 0.3) is 0 Å². The van der Waals surface area contributed by atoms with Crippen molar-refractivity contribution >= 4 is 11.9 Å². The van der Waals surface area contributed by atoms with Gasteiger partial charge < -0.3 is 24.8 Å². The summed E-state index contributed by atoms with van der Waals surface area (Å²) in [4.78, 5) is 18.8. The third-order valence-corrected chi connectivity index (χ3v) is 5.39. The molecule has 1 aliphatic rings. The Kier molecular flexibility index (Phi) is 8.38. The first kappa shape index (κ1) is 22.0. The zero-order valence-electron chi connectivity index (χ0n) is 17.9. The van der Waals surface area contributed by atoms with Crippen LogP contribution >= 0.6 is 0 Å². The maximum atomic E-state index is 12.0. The van der Waals surface area contributed by atoms with Gasteiger partial charge in [-0.2, -0.15) is 0 Å². The monoisotopic (exact) mass is 415 g/mol. The Hall–Kier alpha value is -2.74. The van der Waals surface area contributed by atoms with Gasteiger partial charge in [0.25, 0.3) is 5.91 Å². The summed E-state index contributed by atoms with van der Waals surface area (Å²) in [5, 5.41) is 9.60. The number of carbonyl (C=O) groups is 1. The molecule has 0 spiro atoms. The fourth-order valence-electron chi connectivity index (χ4n) is 3.72. The number of aryl methyl sites for hydroxylation is 1. The highest BCUT2D eigenvalue weighted by atomic mass is 16.3. The Morgan fingerprint density at radius 1 is 1.10 bits per heavy atom. The summed E-state index contributed by atoms with van der Waals surface area (Å²) in [6.45, 7) is 6.02. The van der Waals surface area contributed by atoms with Crippen molar-refractivity contribution in [2.24, 2.45) is 4.99 Å². The lowest BCUT2D eigenvalue weighted by atomic mass is 10.1. The van der Waals surface area contributed by atoms with Crippen molar-refractivity contribution in [3.63, 3.8) is 0 Å². The van der Waals surface area contributed by atoms with Crippen LogP contribution in [0.1, 0.15) is 53.6 Å². The Balaban J connectivity index is 1.40.